The molecule has 172 valence electrons. The lowest BCUT2D eigenvalue weighted by Crippen LogP contribution is -2.12. The van der Waals surface area contributed by atoms with E-state index in [1.54, 1.807) is 24.4 Å². The maximum atomic E-state index is 14.6. The molecule has 0 N–H and O–H groups in total. The maximum Gasteiger partial charge on any atom is 0.137 e. The molecule has 1 unspecified atom stereocenters. The minimum Gasteiger partial charge on any atom is -0.492 e. The molecule has 1 atom stereocenters. The van der Waals surface area contributed by atoms with Crippen LogP contribution in [-0.4, -0.2) is 24.4 Å². The van der Waals surface area contributed by atoms with E-state index in [9.17, 15) is 8.78 Å². The Balaban J connectivity index is 1.80. The van der Waals surface area contributed by atoms with Crippen molar-refractivity contribution in [3.8, 4) is 22.8 Å². The van der Waals surface area contributed by atoms with E-state index in [2.05, 4.69) is 18.8 Å². The normalized spacial score (nSPS) is 12.0. The van der Waals surface area contributed by atoms with Gasteiger partial charge in [-0.3, -0.25) is 4.98 Å². The molecule has 1 heterocycles. The van der Waals surface area contributed by atoms with Gasteiger partial charge >= 0.3 is 0 Å². The smallest absolute Gasteiger partial charge is 0.137 e. The van der Waals surface area contributed by atoms with Gasteiger partial charge < -0.3 is 9.47 Å². The Morgan fingerprint density at radius 2 is 1.55 bits per heavy atom. The van der Waals surface area contributed by atoms with Crippen molar-refractivity contribution in [1.82, 2.24) is 4.98 Å². The summed E-state index contributed by atoms with van der Waals surface area (Å²) in [5.41, 5.74) is 0.911. The van der Waals surface area contributed by atoms with Crippen molar-refractivity contribution in [1.29, 1.82) is 0 Å². The van der Waals surface area contributed by atoms with Crippen molar-refractivity contribution in [3.63, 3.8) is 0 Å². The van der Waals surface area contributed by atoms with Crippen LogP contribution in [0, 0.1) is 5.82 Å². The quantitative estimate of drug-likeness (QED) is 0.252. The van der Waals surface area contributed by atoms with Crippen molar-refractivity contribution < 1.29 is 18.3 Å². The first-order chi connectivity index (χ1) is 15.1. The van der Waals surface area contributed by atoms with Gasteiger partial charge in [-0.05, 0) is 37.1 Å². The molecule has 1 aromatic heterocycles. The van der Waals surface area contributed by atoms with Gasteiger partial charge in [-0.25, -0.2) is 8.78 Å². The van der Waals surface area contributed by atoms with Gasteiger partial charge in [-0.1, -0.05) is 65.2 Å². The van der Waals surface area contributed by atoms with Gasteiger partial charge in [0.1, 0.15) is 30.1 Å². The fourth-order valence-electron chi connectivity index (χ4n) is 3.38. The Morgan fingerprint density at radius 1 is 0.839 bits per heavy atom. The number of rotatable bonds is 16. The summed E-state index contributed by atoms with van der Waals surface area (Å²) in [7, 11) is 0. The Morgan fingerprint density at radius 3 is 2.23 bits per heavy atom. The molecular weight excluding hydrogens is 396 g/mol. The van der Waals surface area contributed by atoms with Gasteiger partial charge in [0.25, 0.3) is 0 Å². The summed E-state index contributed by atoms with van der Waals surface area (Å²) in [6.07, 6.45) is 11.1. The zero-order valence-corrected chi connectivity index (χ0v) is 19.0. The predicted molar refractivity (Wildman–Crippen MR) is 123 cm³/mol. The monoisotopic (exact) mass is 433 g/mol. The molecule has 0 aliphatic heterocycles. The van der Waals surface area contributed by atoms with Crippen LogP contribution in [-0.2, 0) is 0 Å². The van der Waals surface area contributed by atoms with Gasteiger partial charge in [0.2, 0.25) is 0 Å². The van der Waals surface area contributed by atoms with E-state index in [1.807, 2.05) is 6.07 Å². The molecule has 0 saturated carbocycles. The topological polar surface area (TPSA) is 31.4 Å². The molecule has 5 heteroatoms. The van der Waals surface area contributed by atoms with Crippen LogP contribution in [0.15, 0.2) is 36.5 Å². The highest BCUT2D eigenvalue weighted by molar-refractivity contribution is 5.61. The van der Waals surface area contributed by atoms with Crippen molar-refractivity contribution >= 4 is 0 Å². The van der Waals surface area contributed by atoms with Crippen LogP contribution in [0.25, 0.3) is 11.3 Å². The maximum absolute atomic E-state index is 14.6. The first-order valence-corrected chi connectivity index (χ1v) is 11.8. The molecule has 31 heavy (non-hydrogen) atoms. The SMILES string of the molecule is CCCCCCCOc1ccc(-c2ccc(OCC(F)CCCCCC)cc2F)nc1. The lowest BCUT2D eigenvalue weighted by molar-refractivity contribution is 0.183. The molecule has 2 rings (SSSR count). The Labute approximate surface area is 186 Å². The molecular formula is C26H37F2NO2. The molecule has 3 nitrogen and oxygen atoms in total. The number of unbranched alkanes of at least 4 members (excludes halogenated alkanes) is 7. The minimum absolute atomic E-state index is 0.0480. The van der Waals surface area contributed by atoms with Crippen LogP contribution in [0.3, 0.4) is 0 Å². The van der Waals surface area contributed by atoms with E-state index in [-0.39, 0.29) is 6.61 Å². The number of benzene rings is 1. The van der Waals surface area contributed by atoms with E-state index in [0.29, 0.717) is 35.8 Å². The minimum atomic E-state index is -1.03. The number of ether oxygens (including phenoxy) is 2. The highest BCUT2D eigenvalue weighted by Crippen LogP contribution is 2.26. The van der Waals surface area contributed by atoms with E-state index < -0.39 is 12.0 Å². The summed E-state index contributed by atoms with van der Waals surface area (Å²) < 4.78 is 39.6. The van der Waals surface area contributed by atoms with Gasteiger partial charge in [0.05, 0.1) is 18.5 Å². The van der Waals surface area contributed by atoms with E-state index >= 15 is 0 Å². The highest BCUT2D eigenvalue weighted by atomic mass is 19.1. The summed E-state index contributed by atoms with van der Waals surface area (Å²) >= 11 is 0. The number of hydrogen-bond donors (Lipinski definition) is 0. The Hall–Kier alpha value is -2.17. The molecule has 0 radical (unpaired) electrons. The number of alkyl halides is 1. The van der Waals surface area contributed by atoms with E-state index in [1.165, 1.54) is 31.7 Å². The summed E-state index contributed by atoms with van der Waals surface area (Å²) in [6.45, 7) is 4.94. The average Bonchev–Trinajstić information content (AvgIpc) is 2.78. The molecule has 0 bridgehead atoms. The Bertz CT molecular complexity index is 737. The van der Waals surface area contributed by atoms with Crippen LogP contribution < -0.4 is 9.47 Å². The van der Waals surface area contributed by atoms with Gasteiger partial charge in [0, 0.05) is 11.6 Å². The molecule has 0 saturated heterocycles. The number of nitrogens with zero attached hydrogens (tertiary/aromatic N) is 1. The fourth-order valence-corrected chi connectivity index (χ4v) is 3.38. The lowest BCUT2D eigenvalue weighted by atomic mass is 10.1. The number of pyridine rings is 1. The lowest BCUT2D eigenvalue weighted by Gasteiger charge is -2.12. The van der Waals surface area contributed by atoms with Crippen LogP contribution in [0.1, 0.15) is 78.1 Å². The summed E-state index contributed by atoms with van der Waals surface area (Å²) in [5.74, 6) is 0.584. The van der Waals surface area contributed by atoms with E-state index in [0.717, 1.165) is 32.1 Å². The molecule has 0 aliphatic rings. The van der Waals surface area contributed by atoms with Crippen LogP contribution in [0.5, 0.6) is 11.5 Å². The van der Waals surface area contributed by atoms with Crippen LogP contribution in [0.4, 0.5) is 8.78 Å². The molecule has 0 fully saturated rings. The van der Waals surface area contributed by atoms with E-state index in [4.69, 9.17) is 9.47 Å². The van der Waals surface area contributed by atoms with Gasteiger partial charge in [-0.2, -0.15) is 0 Å². The second kappa shape index (κ2) is 14.8. The number of aromatic nitrogens is 1. The molecule has 1 aromatic carbocycles. The van der Waals surface area contributed by atoms with Crippen molar-refractivity contribution in [3.05, 3.63) is 42.3 Å². The summed E-state index contributed by atoms with van der Waals surface area (Å²) in [4.78, 5) is 4.32. The summed E-state index contributed by atoms with van der Waals surface area (Å²) in [6, 6.07) is 8.13. The Kier molecular flexibility index (Phi) is 12.0. The molecule has 0 amide bonds. The van der Waals surface area contributed by atoms with Gasteiger partial charge in [-0.15, -0.1) is 0 Å². The third kappa shape index (κ3) is 9.67. The second-order valence-electron chi connectivity index (χ2n) is 8.04. The first kappa shape index (κ1) is 25.1. The van der Waals surface area contributed by atoms with Crippen LogP contribution in [0.2, 0.25) is 0 Å². The van der Waals surface area contributed by atoms with Crippen molar-refractivity contribution in [2.45, 2.75) is 84.2 Å². The van der Waals surface area contributed by atoms with Crippen LogP contribution >= 0.6 is 0 Å². The molecule has 2 aromatic rings. The zero-order chi connectivity index (χ0) is 22.3. The first-order valence-electron chi connectivity index (χ1n) is 11.8. The number of hydrogen-bond acceptors (Lipinski definition) is 3. The largest absolute Gasteiger partial charge is 0.492 e. The van der Waals surface area contributed by atoms with Gasteiger partial charge in [0.15, 0.2) is 0 Å². The van der Waals surface area contributed by atoms with Crippen molar-refractivity contribution in [2.24, 2.45) is 0 Å². The third-order valence-electron chi connectivity index (χ3n) is 5.27. The number of halogens is 2. The van der Waals surface area contributed by atoms with Crippen molar-refractivity contribution in [2.75, 3.05) is 13.2 Å². The predicted octanol–water partition coefficient (Wildman–Crippen LogP) is 7.92. The third-order valence-corrected chi connectivity index (χ3v) is 5.27. The summed E-state index contributed by atoms with van der Waals surface area (Å²) in [5, 5.41) is 0. The second-order valence-corrected chi connectivity index (χ2v) is 8.04. The standard InChI is InChI=1S/C26H37F2NO2/c1-3-5-7-9-11-17-30-23-14-16-26(29-19-23)24-15-13-22(18-25(24)28)31-20-21(27)12-10-8-6-4-2/h13-16,18-19,21H,3-12,17,20H2,1-2H3. The highest BCUT2D eigenvalue weighted by Gasteiger charge is 2.11. The molecule has 0 spiro atoms. The fraction of sp³-hybridized carbons (Fsp3) is 0.577. The zero-order valence-electron chi connectivity index (χ0n) is 19.0. The average molecular weight is 434 g/mol. The molecule has 0 aliphatic carbocycles.